The molecule has 1 fully saturated rings. The Labute approximate surface area is 230 Å². The van der Waals surface area contributed by atoms with Gasteiger partial charge in [-0.2, -0.15) is 0 Å². The lowest BCUT2D eigenvalue weighted by atomic mass is 9.84. The molecule has 2 aromatic rings. The van der Waals surface area contributed by atoms with E-state index in [0.29, 0.717) is 18.0 Å². The van der Waals surface area contributed by atoms with Crippen LogP contribution >= 0.6 is 0 Å². The smallest absolute Gasteiger partial charge is 0.340 e. The summed E-state index contributed by atoms with van der Waals surface area (Å²) in [6.07, 6.45) is 9.01. The Morgan fingerprint density at radius 2 is 1.68 bits per heavy atom. The molecule has 2 aromatic carbocycles. The van der Waals surface area contributed by atoms with Crippen molar-refractivity contribution in [1.82, 2.24) is 5.32 Å². The largest absolute Gasteiger partial charge is 0.479 e. The lowest BCUT2D eigenvalue weighted by Crippen LogP contribution is -2.39. The minimum atomic E-state index is -2.20. The predicted molar refractivity (Wildman–Crippen MR) is 146 cm³/mol. The molecule has 0 bridgehead atoms. The number of amides is 3. The predicted octanol–water partition coefficient (Wildman–Crippen LogP) is 6.09. The third-order valence-electron chi connectivity index (χ3n) is 7.22. The molecular formula is C30H32F3N3O4. The zero-order valence-electron chi connectivity index (χ0n) is 21.9. The van der Waals surface area contributed by atoms with E-state index >= 15 is 0 Å². The van der Waals surface area contributed by atoms with E-state index in [0.717, 1.165) is 31.0 Å². The second-order valence-corrected chi connectivity index (χ2v) is 10.2. The first-order valence-electron chi connectivity index (χ1n) is 13.4. The standard InChI is InChI=1S/C30H32F3N3O4/c31-23-14-24(32)16-25(15-23)35-30(40)36(26-12-10-21(11-13-26)20-4-2-1-3-5-20)18-19-6-8-22(9-7-19)28(37)34-17-27(33)29(38)39/h6,8-16,19-20,27H,1-5,7,17-18H2,(H,34,37)(H,35,40)(H,38,39). The van der Waals surface area contributed by atoms with Crippen LogP contribution in [0.4, 0.5) is 29.3 Å². The van der Waals surface area contributed by atoms with Gasteiger partial charge in [0.25, 0.3) is 5.91 Å². The van der Waals surface area contributed by atoms with E-state index in [2.05, 4.69) is 10.6 Å². The maximum absolute atomic E-state index is 13.7. The summed E-state index contributed by atoms with van der Waals surface area (Å²) in [6, 6.07) is 9.99. The molecule has 212 valence electrons. The zero-order valence-corrected chi connectivity index (χ0v) is 21.9. The van der Waals surface area contributed by atoms with E-state index in [1.807, 2.05) is 24.3 Å². The number of hydrogen-bond acceptors (Lipinski definition) is 3. The quantitative estimate of drug-likeness (QED) is 0.349. The normalized spacial score (nSPS) is 18.0. The van der Waals surface area contributed by atoms with Crippen molar-refractivity contribution in [2.75, 3.05) is 23.3 Å². The second kappa shape index (κ2) is 13.3. The first kappa shape index (κ1) is 28.9. The van der Waals surface area contributed by atoms with Gasteiger partial charge in [0.2, 0.25) is 6.17 Å². The Bertz CT molecular complexity index is 1270. The number of nitrogens with one attached hydrogen (secondary N) is 2. The minimum Gasteiger partial charge on any atom is -0.479 e. The molecule has 1 saturated carbocycles. The van der Waals surface area contributed by atoms with Gasteiger partial charge in [0.05, 0.1) is 6.54 Å². The van der Waals surface area contributed by atoms with Crippen LogP contribution in [0.25, 0.3) is 0 Å². The minimum absolute atomic E-state index is 0.0168. The lowest BCUT2D eigenvalue weighted by Gasteiger charge is -2.28. The van der Waals surface area contributed by atoms with Gasteiger partial charge < -0.3 is 15.7 Å². The molecule has 0 aliphatic heterocycles. The van der Waals surface area contributed by atoms with E-state index in [4.69, 9.17) is 5.11 Å². The van der Waals surface area contributed by atoms with Gasteiger partial charge in [0.15, 0.2) is 0 Å². The summed E-state index contributed by atoms with van der Waals surface area (Å²) in [7, 11) is 0. The van der Waals surface area contributed by atoms with Crippen molar-refractivity contribution in [3.8, 4) is 0 Å². The first-order valence-corrected chi connectivity index (χ1v) is 13.4. The molecule has 2 atom stereocenters. The SMILES string of the molecule is O=C(NCC(F)C(=O)O)C1=CCC(CN(C(=O)Nc2cc(F)cc(F)c2)c2ccc(C3CCCCC3)cc2)C=C1. The van der Waals surface area contributed by atoms with Gasteiger partial charge in [0.1, 0.15) is 11.6 Å². The van der Waals surface area contributed by atoms with Crippen molar-refractivity contribution in [3.63, 3.8) is 0 Å². The van der Waals surface area contributed by atoms with Gasteiger partial charge in [-0.15, -0.1) is 0 Å². The molecule has 4 rings (SSSR count). The molecule has 10 heteroatoms. The van der Waals surface area contributed by atoms with Gasteiger partial charge in [-0.25, -0.2) is 22.8 Å². The van der Waals surface area contributed by atoms with E-state index in [-0.39, 0.29) is 23.7 Å². The van der Waals surface area contributed by atoms with Crippen molar-refractivity contribution in [2.45, 2.75) is 50.6 Å². The number of benzene rings is 2. The molecule has 0 spiro atoms. The molecule has 2 unspecified atom stereocenters. The average molecular weight is 556 g/mol. The number of carbonyl (C=O) groups excluding carboxylic acids is 2. The maximum atomic E-state index is 13.7. The number of urea groups is 1. The second-order valence-electron chi connectivity index (χ2n) is 10.2. The number of hydrogen-bond donors (Lipinski definition) is 3. The Hall–Kier alpha value is -4.08. The van der Waals surface area contributed by atoms with Crippen LogP contribution in [-0.4, -0.2) is 42.3 Å². The Kier molecular flexibility index (Phi) is 9.63. The third kappa shape index (κ3) is 7.74. The summed E-state index contributed by atoms with van der Waals surface area (Å²) in [6.45, 7) is -0.436. The maximum Gasteiger partial charge on any atom is 0.340 e. The summed E-state index contributed by atoms with van der Waals surface area (Å²) in [5.74, 6) is -3.59. The highest BCUT2D eigenvalue weighted by Crippen LogP contribution is 2.34. The van der Waals surface area contributed by atoms with Gasteiger partial charge in [-0.3, -0.25) is 9.69 Å². The summed E-state index contributed by atoms with van der Waals surface area (Å²) in [4.78, 5) is 37.7. The highest BCUT2D eigenvalue weighted by molar-refractivity contribution is 6.02. The average Bonchev–Trinajstić information content (AvgIpc) is 2.94. The zero-order chi connectivity index (χ0) is 28.6. The van der Waals surface area contributed by atoms with Crippen LogP contribution in [-0.2, 0) is 9.59 Å². The number of allylic oxidation sites excluding steroid dienone is 1. The van der Waals surface area contributed by atoms with E-state index in [1.54, 1.807) is 18.2 Å². The molecule has 2 aliphatic rings. The molecule has 0 radical (unpaired) electrons. The Morgan fingerprint density at radius 3 is 2.27 bits per heavy atom. The fourth-order valence-corrected chi connectivity index (χ4v) is 5.06. The number of alkyl halides is 1. The lowest BCUT2D eigenvalue weighted by molar-refractivity contribution is -0.142. The highest BCUT2D eigenvalue weighted by Gasteiger charge is 2.24. The third-order valence-corrected chi connectivity index (χ3v) is 7.22. The molecule has 0 heterocycles. The molecule has 0 saturated heterocycles. The van der Waals surface area contributed by atoms with Crippen LogP contribution in [0.15, 0.2) is 66.3 Å². The first-order chi connectivity index (χ1) is 19.2. The van der Waals surface area contributed by atoms with Crippen molar-refractivity contribution in [3.05, 3.63) is 83.5 Å². The van der Waals surface area contributed by atoms with Gasteiger partial charge in [-0.1, -0.05) is 49.6 Å². The summed E-state index contributed by atoms with van der Waals surface area (Å²) in [5, 5.41) is 13.5. The molecule has 3 N–H and O–H groups in total. The van der Waals surface area contributed by atoms with Crippen LogP contribution in [0.1, 0.15) is 50.0 Å². The summed E-state index contributed by atoms with van der Waals surface area (Å²) >= 11 is 0. The Morgan fingerprint density at radius 1 is 1.00 bits per heavy atom. The fraction of sp³-hybridized carbons (Fsp3) is 0.367. The Balaban J connectivity index is 1.47. The van der Waals surface area contributed by atoms with E-state index < -0.39 is 42.3 Å². The molecule has 0 aromatic heterocycles. The van der Waals surface area contributed by atoms with Crippen LogP contribution in [0.5, 0.6) is 0 Å². The van der Waals surface area contributed by atoms with Crippen molar-refractivity contribution in [2.24, 2.45) is 5.92 Å². The van der Waals surface area contributed by atoms with Crippen LogP contribution in [0, 0.1) is 17.6 Å². The van der Waals surface area contributed by atoms with Crippen LogP contribution in [0.2, 0.25) is 0 Å². The van der Waals surface area contributed by atoms with Crippen molar-refractivity contribution < 1.29 is 32.7 Å². The molecule has 40 heavy (non-hydrogen) atoms. The van der Waals surface area contributed by atoms with E-state index in [1.165, 1.54) is 29.7 Å². The summed E-state index contributed by atoms with van der Waals surface area (Å²) in [5.41, 5.74) is 2.07. The number of carboxylic acid groups (broad SMARTS) is 1. The molecule has 7 nitrogen and oxygen atoms in total. The van der Waals surface area contributed by atoms with Gasteiger partial charge in [-0.05, 0) is 60.9 Å². The molecular weight excluding hydrogens is 523 g/mol. The van der Waals surface area contributed by atoms with Crippen LogP contribution in [0.3, 0.4) is 0 Å². The number of carboxylic acids is 1. The number of carbonyl (C=O) groups is 3. The van der Waals surface area contributed by atoms with E-state index in [9.17, 15) is 27.6 Å². The van der Waals surface area contributed by atoms with Crippen molar-refractivity contribution >= 4 is 29.3 Å². The monoisotopic (exact) mass is 555 g/mol. The number of rotatable bonds is 9. The number of aliphatic carboxylic acids is 1. The topological polar surface area (TPSA) is 98.7 Å². The molecule has 2 aliphatic carbocycles. The summed E-state index contributed by atoms with van der Waals surface area (Å²) < 4.78 is 40.8. The highest BCUT2D eigenvalue weighted by atomic mass is 19.1. The molecule has 3 amide bonds. The number of halogens is 3. The number of nitrogens with zero attached hydrogens (tertiary/aromatic N) is 1. The number of anilines is 2. The van der Waals surface area contributed by atoms with Crippen molar-refractivity contribution in [1.29, 1.82) is 0 Å². The van der Waals surface area contributed by atoms with Gasteiger partial charge >= 0.3 is 12.0 Å². The van der Waals surface area contributed by atoms with Crippen LogP contribution < -0.4 is 15.5 Å². The fourth-order valence-electron chi connectivity index (χ4n) is 5.06. The van der Waals surface area contributed by atoms with Gasteiger partial charge in [0, 0.05) is 29.6 Å².